The van der Waals surface area contributed by atoms with Crippen molar-refractivity contribution in [1.82, 2.24) is 4.31 Å². The second-order valence-corrected chi connectivity index (χ2v) is 7.13. The highest BCUT2D eigenvalue weighted by molar-refractivity contribution is 7.89. The SMILES string of the molecule is O=S(=O)(C(Oc1cc[c]cc1)c1ccccc1)N1CCOCC1. The molecule has 1 heterocycles. The minimum absolute atomic E-state index is 0.345. The van der Waals surface area contributed by atoms with Crippen LogP contribution in [0.15, 0.2) is 54.6 Å². The summed E-state index contributed by atoms with van der Waals surface area (Å²) in [5, 5.41) is 0. The van der Waals surface area contributed by atoms with Crippen LogP contribution in [0.4, 0.5) is 0 Å². The third-order valence-electron chi connectivity index (χ3n) is 3.60. The average Bonchev–Trinajstić information content (AvgIpc) is 2.62. The van der Waals surface area contributed by atoms with Gasteiger partial charge >= 0.3 is 0 Å². The molecule has 1 atom stereocenters. The zero-order chi connectivity index (χ0) is 16.1. The van der Waals surface area contributed by atoms with E-state index in [9.17, 15) is 8.42 Å². The lowest BCUT2D eigenvalue weighted by Crippen LogP contribution is -2.43. The van der Waals surface area contributed by atoms with Crippen LogP contribution in [0, 0.1) is 6.07 Å². The standard InChI is InChI=1S/C17H18NO4S/c19-23(20,18-11-13-21-14-12-18)17(15-7-3-1-4-8-15)22-16-9-5-2-6-10-16/h1,3-10,17H,11-14H2. The van der Waals surface area contributed by atoms with E-state index in [2.05, 4.69) is 6.07 Å². The monoisotopic (exact) mass is 332 g/mol. The lowest BCUT2D eigenvalue weighted by Gasteiger charge is -2.30. The predicted molar refractivity (Wildman–Crippen MR) is 86.4 cm³/mol. The smallest absolute Gasteiger partial charge is 0.256 e. The second kappa shape index (κ2) is 7.12. The van der Waals surface area contributed by atoms with Gasteiger partial charge in [0.05, 0.1) is 13.2 Å². The van der Waals surface area contributed by atoms with Crippen molar-refractivity contribution in [2.75, 3.05) is 26.3 Å². The van der Waals surface area contributed by atoms with Gasteiger partial charge in [0.25, 0.3) is 10.0 Å². The van der Waals surface area contributed by atoms with Crippen molar-refractivity contribution in [2.45, 2.75) is 5.44 Å². The Morgan fingerprint density at radius 1 is 1.04 bits per heavy atom. The summed E-state index contributed by atoms with van der Waals surface area (Å²) in [7, 11) is -3.65. The summed E-state index contributed by atoms with van der Waals surface area (Å²) in [6, 6.07) is 18.7. The predicted octanol–water partition coefficient (Wildman–Crippen LogP) is 2.23. The maximum Gasteiger partial charge on any atom is 0.256 e. The molecule has 121 valence electrons. The summed E-state index contributed by atoms with van der Waals surface area (Å²) < 4.78 is 38.6. The Morgan fingerprint density at radius 3 is 2.35 bits per heavy atom. The Balaban J connectivity index is 1.94. The molecule has 0 saturated carbocycles. The summed E-state index contributed by atoms with van der Waals surface area (Å²) in [6.45, 7) is 1.50. The van der Waals surface area contributed by atoms with E-state index in [4.69, 9.17) is 9.47 Å². The van der Waals surface area contributed by atoms with E-state index >= 15 is 0 Å². The van der Waals surface area contributed by atoms with Gasteiger partial charge in [-0.25, -0.2) is 8.42 Å². The highest BCUT2D eigenvalue weighted by Gasteiger charge is 2.36. The third-order valence-corrected chi connectivity index (χ3v) is 5.60. The Hall–Kier alpha value is -1.89. The molecule has 1 aliphatic rings. The lowest BCUT2D eigenvalue weighted by molar-refractivity contribution is 0.0707. The van der Waals surface area contributed by atoms with E-state index in [0.29, 0.717) is 37.6 Å². The van der Waals surface area contributed by atoms with Gasteiger partial charge in [0.2, 0.25) is 5.44 Å². The molecular formula is C17H18NO4S. The number of sulfonamides is 1. The highest BCUT2D eigenvalue weighted by Crippen LogP contribution is 2.29. The number of rotatable bonds is 5. The van der Waals surface area contributed by atoms with Crippen LogP contribution in [-0.4, -0.2) is 39.0 Å². The van der Waals surface area contributed by atoms with Crippen molar-refractivity contribution in [3.8, 4) is 5.75 Å². The Bertz CT molecular complexity index is 713. The van der Waals surface area contributed by atoms with Gasteiger partial charge in [-0.1, -0.05) is 42.5 Å². The molecule has 0 aliphatic carbocycles. The van der Waals surface area contributed by atoms with Crippen molar-refractivity contribution in [3.63, 3.8) is 0 Å². The zero-order valence-corrected chi connectivity index (χ0v) is 13.4. The molecule has 0 bridgehead atoms. The first-order valence-corrected chi connectivity index (χ1v) is 8.93. The largest absolute Gasteiger partial charge is 0.468 e. The quantitative estimate of drug-likeness (QED) is 0.842. The Morgan fingerprint density at radius 2 is 1.70 bits per heavy atom. The third kappa shape index (κ3) is 3.72. The average molecular weight is 332 g/mol. The molecule has 1 saturated heterocycles. The number of benzene rings is 2. The maximum absolute atomic E-state index is 13.0. The molecule has 1 radical (unpaired) electrons. The number of hydrogen-bond donors (Lipinski definition) is 0. The van der Waals surface area contributed by atoms with Gasteiger partial charge in [-0.2, -0.15) is 4.31 Å². The van der Waals surface area contributed by atoms with E-state index in [0.717, 1.165) is 0 Å². The van der Waals surface area contributed by atoms with Gasteiger partial charge in [-0.3, -0.25) is 0 Å². The van der Waals surface area contributed by atoms with Gasteiger partial charge < -0.3 is 9.47 Å². The fourth-order valence-corrected chi connectivity index (χ4v) is 4.08. The molecule has 6 heteroatoms. The second-order valence-electron chi connectivity index (χ2n) is 5.15. The highest BCUT2D eigenvalue weighted by atomic mass is 32.2. The van der Waals surface area contributed by atoms with Crippen LogP contribution in [0.2, 0.25) is 0 Å². The first-order valence-electron chi connectivity index (χ1n) is 7.42. The summed E-state index contributed by atoms with van der Waals surface area (Å²) in [5.41, 5.74) is -0.476. The normalized spacial score (nSPS) is 17.6. The number of nitrogens with zero attached hydrogens (tertiary/aromatic N) is 1. The number of ether oxygens (including phenoxy) is 2. The van der Waals surface area contributed by atoms with E-state index in [1.54, 1.807) is 48.5 Å². The fraction of sp³-hybridized carbons (Fsp3) is 0.294. The maximum atomic E-state index is 13.0. The molecular weight excluding hydrogens is 314 g/mol. The molecule has 2 aromatic rings. The van der Waals surface area contributed by atoms with Crippen LogP contribution < -0.4 is 4.74 Å². The van der Waals surface area contributed by atoms with E-state index < -0.39 is 15.5 Å². The van der Waals surface area contributed by atoms with Crippen molar-refractivity contribution >= 4 is 10.0 Å². The van der Waals surface area contributed by atoms with Crippen LogP contribution in [0.3, 0.4) is 0 Å². The molecule has 0 aromatic heterocycles. The van der Waals surface area contributed by atoms with Crippen LogP contribution in [-0.2, 0) is 14.8 Å². The van der Waals surface area contributed by atoms with E-state index in [1.807, 2.05) is 6.07 Å². The molecule has 1 fully saturated rings. The number of morpholine rings is 1. The van der Waals surface area contributed by atoms with E-state index in [1.165, 1.54) is 4.31 Å². The Kier molecular flexibility index (Phi) is 4.95. The zero-order valence-electron chi connectivity index (χ0n) is 12.6. The topological polar surface area (TPSA) is 55.8 Å². The summed E-state index contributed by atoms with van der Waals surface area (Å²) in [5.74, 6) is 0.495. The van der Waals surface area contributed by atoms with Crippen LogP contribution in [0.25, 0.3) is 0 Å². The van der Waals surface area contributed by atoms with Crippen molar-refractivity contribution in [3.05, 3.63) is 66.2 Å². The first kappa shape index (κ1) is 16.0. The van der Waals surface area contributed by atoms with Crippen molar-refractivity contribution in [1.29, 1.82) is 0 Å². The minimum Gasteiger partial charge on any atom is -0.468 e. The first-order chi connectivity index (χ1) is 11.2. The molecule has 2 aromatic carbocycles. The van der Waals surface area contributed by atoms with Crippen LogP contribution >= 0.6 is 0 Å². The summed E-state index contributed by atoms with van der Waals surface area (Å²) in [6.07, 6.45) is 0. The van der Waals surface area contributed by atoms with E-state index in [-0.39, 0.29) is 0 Å². The Labute approximate surface area is 136 Å². The molecule has 5 nitrogen and oxygen atoms in total. The van der Waals surface area contributed by atoms with Crippen LogP contribution in [0.5, 0.6) is 5.75 Å². The van der Waals surface area contributed by atoms with Crippen molar-refractivity contribution in [2.24, 2.45) is 0 Å². The number of hydrogen-bond acceptors (Lipinski definition) is 4. The molecule has 0 amide bonds. The van der Waals surface area contributed by atoms with Gasteiger partial charge in [0.1, 0.15) is 5.75 Å². The van der Waals surface area contributed by atoms with Gasteiger partial charge in [-0.05, 0) is 18.2 Å². The molecule has 1 unspecified atom stereocenters. The molecule has 23 heavy (non-hydrogen) atoms. The molecule has 0 spiro atoms. The summed E-state index contributed by atoms with van der Waals surface area (Å²) in [4.78, 5) is 0. The molecule has 1 aliphatic heterocycles. The fourth-order valence-electron chi connectivity index (χ4n) is 2.42. The van der Waals surface area contributed by atoms with Gasteiger partial charge in [-0.15, -0.1) is 0 Å². The minimum atomic E-state index is -3.65. The van der Waals surface area contributed by atoms with Gasteiger partial charge in [0, 0.05) is 18.7 Å². The lowest BCUT2D eigenvalue weighted by atomic mass is 10.2. The molecule has 3 rings (SSSR count). The van der Waals surface area contributed by atoms with Crippen molar-refractivity contribution < 1.29 is 17.9 Å². The van der Waals surface area contributed by atoms with Gasteiger partial charge in [0.15, 0.2) is 0 Å². The molecule has 0 N–H and O–H groups in total. The summed E-state index contributed by atoms with van der Waals surface area (Å²) >= 11 is 0. The van der Waals surface area contributed by atoms with Crippen LogP contribution in [0.1, 0.15) is 11.0 Å².